The number of imidazole rings is 1. The van der Waals surface area contributed by atoms with E-state index in [1.807, 2.05) is 0 Å². The standard InChI is InChI=1S/C22H22F3N3O7S/c1-11(2)35-20(31)18(19(30)22(23,24)25)14-9-12(5-8-17(14)29)26-36(33,34)13-6-7-15-16(10-13)28(4)21(32)27(15)3/h5-11,18,26,29H,1-4H3/t18-/m1/s1. The molecule has 0 fully saturated rings. The molecule has 3 rings (SSSR count). The number of carbonyl (C=O) groups is 2. The van der Waals surface area contributed by atoms with Gasteiger partial charge in [-0.15, -0.1) is 0 Å². The summed E-state index contributed by atoms with van der Waals surface area (Å²) in [7, 11) is -1.38. The van der Waals surface area contributed by atoms with Crippen LogP contribution in [-0.4, -0.2) is 46.7 Å². The summed E-state index contributed by atoms with van der Waals surface area (Å²) in [6.07, 6.45) is -6.31. The zero-order chi connectivity index (χ0) is 27.2. The Morgan fingerprint density at radius 3 is 2.22 bits per heavy atom. The molecule has 0 spiro atoms. The van der Waals surface area contributed by atoms with Crippen molar-refractivity contribution in [1.29, 1.82) is 0 Å². The lowest BCUT2D eigenvalue weighted by Crippen LogP contribution is -2.35. The summed E-state index contributed by atoms with van der Waals surface area (Å²) >= 11 is 0. The van der Waals surface area contributed by atoms with Crippen molar-refractivity contribution in [2.75, 3.05) is 4.72 Å². The molecule has 194 valence electrons. The molecule has 36 heavy (non-hydrogen) atoms. The van der Waals surface area contributed by atoms with Crippen molar-refractivity contribution in [3.05, 3.63) is 52.4 Å². The summed E-state index contributed by atoms with van der Waals surface area (Å²) in [5, 5.41) is 10.2. The second-order valence-electron chi connectivity index (χ2n) is 8.21. The lowest BCUT2D eigenvalue weighted by Gasteiger charge is -2.20. The topological polar surface area (TPSA) is 137 Å². The van der Waals surface area contributed by atoms with Crippen LogP contribution in [0.15, 0.2) is 46.1 Å². The number of ether oxygens (including phenoxy) is 1. The van der Waals surface area contributed by atoms with Gasteiger partial charge < -0.3 is 9.84 Å². The lowest BCUT2D eigenvalue weighted by atomic mass is 9.93. The summed E-state index contributed by atoms with van der Waals surface area (Å²) in [6.45, 7) is 2.72. The van der Waals surface area contributed by atoms with Gasteiger partial charge in [-0.25, -0.2) is 13.2 Å². The second kappa shape index (κ2) is 9.33. The minimum Gasteiger partial charge on any atom is -0.508 e. The van der Waals surface area contributed by atoms with Gasteiger partial charge in [0.2, 0.25) is 0 Å². The van der Waals surface area contributed by atoms with E-state index >= 15 is 0 Å². The molecule has 0 saturated heterocycles. The number of nitrogens with one attached hydrogen (secondary N) is 1. The number of rotatable bonds is 7. The number of hydrogen-bond donors (Lipinski definition) is 2. The Morgan fingerprint density at radius 2 is 1.64 bits per heavy atom. The Morgan fingerprint density at radius 1 is 1.03 bits per heavy atom. The Kier molecular flexibility index (Phi) is 6.94. The molecule has 0 radical (unpaired) electrons. The molecule has 1 atom stereocenters. The van der Waals surface area contributed by atoms with Crippen molar-refractivity contribution in [3.63, 3.8) is 0 Å². The van der Waals surface area contributed by atoms with Crippen molar-refractivity contribution in [2.24, 2.45) is 14.1 Å². The quantitative estimate of drug-likeness (QED) is 0.273. The van der Waals surface area contributed by atoms with Crippen LogP contribution in [0, 0.1) is 0 Å². The van der Waals surface area contributed by atoms with E-state index in [0.29, 0.717) is 11.0 Å². The van der Waals surface area contributed by atoms with Crippen LogP contribution < -0.4 is 10.4 Å². The number of sulfonamides is 1. The van der Waals surface area contributed by atoms with E-state index < -0.39 is 51.3 Å². The molecule has 0 aliphatic heterocycles. The number of hydrogen-bond acceptors (Lipinski definition) is 7. The van der Waals surface area contributed by atoms with Gasteiger partial charge in [-0.2, -0.15) is 13.2 Å². The van der Waals surface area contributed by atoms with Crippen molar-refractivity contribution in [3.8, 4) is 5.75 Å². The predicted octanol–water partition coefficient (Wildman–Crippen LogP) is 2.55. The Balaban J connectivity index is 2.05. The molecule has 0 saturated carbocycles. The van der Waals surface area contributed by atoms with Crippen molar-refractivity contribution in [2.45, 2.75) is 36.9 Å². The van der Waals surface area contributed by atoms with Gasteiger partial charge in [-0.05, 0) is 50.2 Å². The maximum absolute atomic E-state index is 13.2. The molecule has 2 aromatic carbocycles. The number of aromatic nitrogens is 2. The van der Waals surface area contributed by atoms with E-state index in [1.54, 1.807) is 0 Å². The third-order valence-corrected chi connectivity index (χ3v) is 6.65. The molecule has 0 amide bonds. The van der Waals surface area contributed by atoms with Crippen LogP contribution in [-0.2, 0) is 38.4 Å². The first-order valence-corrected chi connectivity index (χ1v) is 11.9. The highest BCUT2D eigenvalue weighted by atomic mass is 32.2. The third-order valence-electron chi connectivity index (χ3n) is 5.27. The number of Topliss-reactive ketones (excluding diaryl/α,β-unsaturated/α-hetero) is 1. The average Bonchev–Trinajstić information content (AvgIpc) is 2.98. The number of halogens is 3. The van der Waals surface area contributed by atoms with E-state index in [-0.39, 0.29) is 16.3 Å². The molecule has 1 aromatic heterocycles. The average molecular weight is 529 g/mol. The summed E-state index contributed by atoms with van der Waals surface area (Å²) in [5.74, 6) is -7.47. The zero-order valence-electron chi connectivity index (χ0n) is 19.5. The summed E-state index contributed by atoms with van der Waals surface area (Å²) < 4.78 is 75.1. The Bertz CT molecular complexity index is 1520. The van der Waals surface area contributed by atoms with Crippen LogP contribution in [0.3, 0.4) is 0 Å². The van der Waals surface area contributed by atoms with Crippen molar-refractivity contribution >= 4 is 38.5 Å². The van der Waals surface area contributed by atoms with Crippen LogP contribution in [0.25, 0.3) is 11.0 Å². The van der Waals surface area contributed by atoms with Crippen LogP contribution >= 0.6 is 0 Å². The molecule has 14 heteroatoms. The zero-order valence-corrected chi connectivity index (χ0v) is 20.3. The summed E-state index contributed by atoms with van der Waals surface area (Å²) in [6, 6.07) is 6.50. The Hall–Kier alpha value is -3.81. The first kappa shape index (κ1) is 26.8. The third kappa shape index (κ3) is 5.08. The van der Waals surface area contributed by atoms with Gasteiger partial charge in [0, 0.05) is 25.3 Å². The maximum Gasteiger partial charge on any atom is 0.451 e. The van der Waals surface area contributed by atoms with Gasteiger partial charge in [-0.1, -0.05) is 0 Å². The number of carbonyl (C=O) groups excluding carboxylic acids is 2. The van der Waals surface area contributed by atoms with Gasteiger partial charge in [0.1, 0.15) is 5.75 Å². The number of phenolic OH excluding ortho intramolecular Hbond substituents is 1. The normalized spacial score (nSPS) is 13.1. The summed E-state index contributed by atoms with van der Waals surface area (Å²) in [4.78, 5) is 36.3. The van der Waals surface area contributed by atoms with E-state index in [0.717, 1.165) is 18.2 Å². The number of aromatic hydroxyl groups is 1. The number of nitrogens with zero attached hydrogens (tertiary/aromatic N) is 2. The van der Waals surface area contributed by atoms with Crippen molar-refractivity contribution in [1.82, 2.24) is 9.13 Å². The van der Waals surface area contributed by atoms with E-state index in [2.05, 4.69) is 4.72 Å². The number of fused-ring (bicyclic) bond motifs is 1. The van der Waals surface area contributed by atoms with Gasteiger partial charge in [-0.3, -0.25) is 23.4 Å². The van der Waals surface area contributed by atoms with E-state index in [9.17, 15) is 41.1 Å². The number of esters is 1. The van der Waals surface area contributed by atoms with Gasteiger partial charge >= 0.3 is 17.8 Å². The Labute approximate surface area is 203 Å². The van der Waals surface area contributed by atoms with Crippen LogP contribution in [0.1, 0.15) is 25.3 Å². The number of anilines is 1. The molecule has 0 aliphatic rings. The minimum atomic E-state index is -5.44. The van der Waals surface area contributed by atoms with Crippen LogP contribution in [0.2, 0.25) is 0 Å². The fourth-order valence-corrected chi connectivity index (χ4v) is 4.63. The van der Waals surface area contributed by atoms with Gasteiger partial charge in [0.15, 0.2) is 5.92 Å². The van der Waals surface area contributed by atoms with Crippen molar-refractivity contribution < 1.29 is 41.0 Å². The van der Waals surface area contributed by atoms with Gasteiger partial charge in [0.05, 0.1) is 22.0 Å². The summed E-state index contributed by atoms with van der Waals surface area (Å²) in [5.41, 5.74) is -0.731. The highest BCUT2D eigenvalue weighted by molar-refractivity contribution is 7.92. The first-order chi connectivity index (χ1) is 16.5. The number of ketones is 1. The number of aryl methyl sites for hydroxylation is 2. The lowest BCUT2D eigenvalue weighted by molar-refractivity contribution is -0.178. The molecule has 0 bridgehead atoms. The largest absolute Gasteiger partial charge is 0.508 e. The smallest absolute Gasteiger partial charge is 0.451 e. The first-order valence-electron chi connectivity index (χ1n) is 10.4. The van der Waals surface area contributed by atoms with Crippen LogP contribution in [0.5, 0.6) is 5.75 Å². The number of phenols is 1. The number of alkyl halides is 3. The molecular weight excluding hydrogens is 507 g/mol. The molecular formula is C22H22F3N3O7S. The SMILES string of the molecule is CC(C)OC(=O)[C@@H](C(=O)C(F)(F)F)c1cc(NS(=O)(=O)c2ccc3c(c2)n(C)c(=O)n3C)ccc1O. The molecule has 0 aliphatic carbocycles. The molecule has 2 N–H and O–H groups in total. The highest BCUT2D eigenvalue weighted by Crippen LogP contribution is 2.36. The van der Waals surface area contributed by atoms with E-state index in [1.165, 1.54) is 55.3 Å². The van der Waals surface area contributed by atoms with Crippen LogP contribution in [0.4, 0.5) is 18.9 Å². The highest BCUT2D eigenvalue weighted by Gasteiger charge is 2.48. The fraction of sp³-hybridized carbons (Fsp3) is 0.318. The molecule has 3 aromatic rings. The van der Waals surface area contributed by atoms with E-state index in [4.69, 9.17) is 4.74 Å². The monoisotopic (exact) mass is 529 g/mol. The number of benzene rings is 2. The second-order valence-corrected chi connectivity index (χ2v) is 9.89. The molecule has 1 heterocycles. The van der Waals surface area contributed by atoms with Gasteiger partial charge in [0.25, 0.3) is 15.8 Å². The maximum atomic E-state index is 13.2. The molecule has 0 unspecified atom stereocenters. The molecule has 10 nitrogen and oxygen atoms in total. The minimum absolute atomic E-state index is 0.270. The fourth-order valence-electron chi connectivity index (χ4n) is 3.56. The predicted molar refractivity (Wildman–Crippen MR) is 122 cm³/mol.